The predicted molar refractivity (Wildman–Crippen MR) is 82.7 cm³/mol. The third-order valence-corrected chi connectivity index (χ3v) is 4.00. The van der Waals surface area contributed by atoms with Crippen molar-refractivity contribution in [3.05, 3.63) is 29.3 Å². The predicted octanol–water partition coefficient (Wildman–Crippen LogP) is 2.44. The Balaban J connectivity index is 0.00000324. The van der Waals surface area contributed by atoms with Crippen LogP contribution in [0, 0.1) is 0 Å². The van der Waals surface area contributed by atoms with E-state index in [4.69, 9.17) is 0 Å². The van der Waals surface area contributed by atoms with Gasteiger partial charge in [0.15, 0.2) is 0 Å². The molecule has 0 bridgehead atoms. The summed E-state index contributed by atoms with van der Waals surface area (Å²) in [6.45, 7) is 12.2. The molecular weight excluding hydrogens is 270 g/mol. The zero-order valence-electron chi connectivity index (χ0n) is 12.0. The van der Waals surface area contributed by atoms with Crippen molar-refractivity contribution in [2.24, 2.45) is 0 Å². The maximum atomic E-state index is 11.6. The Labute approximate surface area is 138 Å². The van der Waals surface area contributed by atoms with Gasteiger partial charge in [-0.15, -0.1) is 0 Å². The van der Waals surface area contributed by atoms with E-state index < -0.39 is 7.60 Å². The van der Waals surface area contributed by atoms with Gasteiger partial charge in [0.25, 0.3) is 0 Å². The summed E-state index contributed by atoms with van der Waals surface area (Å²) in [6, 6.07) is 5.31. The van der Waals surface area contributed by atoms with Gasteiger partial charge < -0.3 is 9.79 Å². The first-order chi connectivity index (χ1) is 7.83. The molecule has 0 aromatic heterocycles. The molecule has 0 aliphatic heterocycles. The molecule has 0 spiro atoms. The molecule has 0 unspecified atom stereocenters. The normalized spacial score (nSPS) is 13.1. The van der Waals surface area contributed by atoms with Crippen LogP contribution in [0.25, 0.3) is 0 Å². The molecule has 5 heteroatoms. The molecule has 1 rings (SSSR count). The van der Waals surface area contributed by atoms with Crippen LogP contribution in [0.3, 0.4) is 0 Å². The van der Waals surface area contributed by atoms with Gasteiger partial charge in [0.05, 0.1) is 5.30 Å². The summed E-state index contributed by atoms with van der Waals surface area (Å²) < 4.78 is 11.6. The van der Waals surface area contributed by atoms with E-state index in [-0.39, 0.29) is 45.7 Å². The molecule has 0 heterocycles. The van der Waals surface area contributed by atoms with Gasteiger partial charge in [-0.3, -0.25) is 4.57 Å². The Bertz CT molecular complexity index is 492. The monoisotopic (exact) mass is 294 g/mol. The Morgan fingerprint density at radius 3 is 1.74 bits per heavy atom. The van der Waals surface area contributed by atoms with Crippen LogP contribution in [0.4, 0.5) is 0 Å². The van der Waals surface area contributed by atoms with Crippen molar-refractivity contribution in [2.75, 3.05) is 0 Å². The molecule has 1 aromatic rings. The van der Waals surface area contributed by atoms with E-state index >= 15 is 0 Å². The van der Waals surface area contributed by atoms with Crippen molar-refractivity contribution in [3.63, 3.8) is 0 Å². The van der Waals surface area contributed by atoms with Gasteiger partial charge >= 0.3 is 37.2 Å². The van der Waals surface area contributed by atoms with Gasteiger partial charge in [0, 0.05) is 0 Å². The quantitative estimate of drug-likeness (QED) is 0.618. The second kappa shape index (κ2) is 6.01. The van der Waals surface area contributed by atoms with Gasteiger partial charge in [-0.05, 0) is 28.0 Å². The van der Waals surface area contributed by atoms with Crippen LogP contribution in [0.2, 0.25) is 0 Å². The molecule has 19 heavy (non-hydrogen) atoms. The first kappa shape index (κ1) is 19.4. The van der Waals surface area contributed by atoms with E-state index in [1.165, 1.54) is 0 Å². The summed E-state index contributed by atoms with van der Waals surface area (Å²) in [4.78, 5) is 18.9. The topological polar surface area (TPSA) is 57.5 Å². The number of hydrogen-bond donors (Lipinski definition) is 2. The molecule has 0 fully saturated rings. The van der Waals surface area contributed by atoms with Crippen LogP contribution in [-0.2, 0) is 15.4 Å². The summed E-state index contributed by atoms with van der Waals surface area (Å²) >= 11 is 0. The van der Waals surface area contributed by atoms with E-state index in [0.717, 1.165) is 11.1 Å². The Hall–Kier alpha value is 0.370. The van der Waals surface area contributed by atoms with Crippen molar-refractivity contribution in [2.45, 2.75) is 52.4 Å². The van der Waals surface area contributed by atoms with Gasteiger partial charge in [-0.25, -0.2) is 0 Å². The third-order valence-electron chi connectivity index (χ3n) is 2.98. The molecule has 0 amide bonds. The second-order valence-corrected chi connectivity index (χ2v) is 8.35. The van der Waals surface area contributed by atoms with E-state index in [2.05, 4.69) is 20.8 Å². The third kappa shape index (κ3) is 5.00. The van der Waals surface area contributed by atoms with E-state index in [1.807, 2.05) is 32.9 Å². The van der Waals surface area contributed by atoms with Crippen LogP contribution in [0.15, 0.2) is 18.2 Å². The van der Waals surface area contributed by atoms with E-state index in [9.17, 15) is 14.4 Å². The molecule has 3 nitrogen and oxygen atoms in total. The summed E-state index contributed by atoms with van der Waals surface area (Å²) in [7, 11) is -4.22. The molecule has 1 aromatic carbocycles. The van der Waals surface area contributed by atoms with E-state index in [0.29, 0.717) is 0 Å². The molecule has 2 N–H and O–H groups in total. The zero-order valence-corrected chi connectivity index (χ0v) is 12.9. The van der Waals surface area contributed by atoms with Crippen molar-refractivity contribution < 1.29 is 14.4 Å². The van der Waals surface area contributed by atoms with Gasteiger partial charge in [0.1, 0.15) is 0 Å². The van der Waals surface area contributed by atoms with Crippen molar-refractivity contribution >= 4 is 42.5 Å². The fourth-order valence-corrected chi connectivity index (χ4v) is 2.84. The van der Waals surface area contributed by atoms with Crippen molar-refractivity contribution in [3.8, 4) is 0 Å². The average Bonchev–Trinajstić information content (AvgIpc) is 2.12. The average molecular weight is 294 g/mol. The standard InChI is InChI=1S/C14H23O3P.Na.H/c1-13(2,3)10-7-8-12(18(15,16)17)11(9-10)14(4,5)6;;/h7-9H,1-6H3,(H2,15,16,17);;. The Morgan fingerprint density at radius 2 is 1.42 bits per heavy atom. The number of benzene rings is 1. The molecule has 0 atom stereocenters. The van der Waals surface area contributed by atoms with Crippen LogP contribution in [-0.4, -0.2) is 39.3 Å². The van der Waals surface area contributed by atoms with Crippen LogP contribution < -0.4 is 5.30 Å². The zero-order chi connectivity index (χ0) is 14.4. The summed E-state index contributed by atoms with van der Waals surface area (Å²) in [5.74, 6) is 0. The van der Waals surface area contributed by atoms with Crippen molar-refractivity contribution in [1.82, 2.24) is 0 Å². The van der Waals surface area contributed by atoms with Crippen LogP contribution in [0.5, 0.6) is 0 Å². The Kier molecular flexibility index (Phi) is 6.13. The first-order valence-corrected chi connectivity index (χ1v) is 7.66. The van der Waals surface area contributed by atoms with Gasteiger partial charge in [-0.2, -0.15) is 0 Å². The van der Waals surface area contributed by atoms with E-state index in [1.54, 1.807) is 6.07 Å². The number of rotatable bonds is 1. The minimum absolute atomic E-state index is 0. The fraction of sp³-hybridized carbons (Fsp3) is 0.571. The molecule has 0 aliphatic rings. The number of hydrogen-bond acceptors (Lipinski definition) is 1. The molecule has 0 saturated carbocycles. The summed E-state index contributed by atoms with van der Waals surface area (Å²) in [5, 5.41) is 0.142. The molecule has 0 aliphatic carbocycles. The first-order valence-electron chi connectivity index (χ1n) is 6.04. The Morgan fingerprint density at radius 1 is 0.947 bits per heavy atom. The fourth-order valence-electron chi connectivity index (χ4n) is 1.86. The molecule has 0 radical (unpaired) electrons. The van der Waals surface area contributed by atoms with Crippen LogP contribution >= 0.6 is 7.60 Å². The van der Waals surface area contributed by atoms with Gasteiger partial charge in [0.2, 0.25) is 0 Å². The van der Waals surface area contributed by atoms with Crippen molar-refractivity contribution in [1.29, 1.82) is 0 Å². The molecule has 0 saturated heterocycles. The summed E-state index contributed by atoms with van der Waals surface area (Å²) in [6.07, 6.45) is 0. The van der Waals surface area contributed by atoms with Crippen LogP contribution in [0.1, 0.15) is 52.7 Å². The van der Waals surface area contributed by atoms with Gasteiger partial charge in [-0.1, -0.05) is 53.7 Å². The molecule has 104 valence electrons. The minimum atomic E-state index is -4.22. The maximum absolute atomic E-state index is 11.6. The molecular formula is C14H24NaO3P. The second-order valence-electron chi connectivity index (χ2n) is 6.78. The summed E-state index contributed by atoms with van der Waals surface area (Å²) in [5.41, 5.74) is 1.48. The SMILES string of the molecule is CC(C)(C)c1ccc(P(=O)(O)O)c(C(C)(C)C)c1.[NaH].